The maximum Gasteiger partial charge on any atom is 0.119 e. The van der Waals surface area contributed by atoms with Gasteiger partial charge >= 0.3 is 0 Å². The number of hydrogen-bond acceptors (Lipinski definition) is 3. The van der Waals surface area contributed by atoms with E-state index >= 15 is 0 Å². The van der Waals surface area contributed by atoms with Gasteiger partial charge in [0.25, 0.3) is 0 Å². The fourth-order valence-electron chi connectivity index (χ4n) is 2.01. The Balaban J connectivity index is 2.27. The molecule has 1 rings (SSSR count). The van der Waals surface area contributed by atoms with Crippen molar-refractivity contribution in [2.24, 2.45) is 0 Å². The van der Waals surface area contributed by atoms with Gasteiger partial charge in [0.2, 0.25) is 0 Å². The summed E-state index contributed by atoms with van der Waals surface area (Å²) in [6, 6.07) is 8.41. The monoisotopic (exact) mass is 278 g/mol. The van der Waals surface area contributed by atoms with Crippen LogP contribution in [0.15, 0.2) is 24.3 Å². The second-order valence-corrected chi connectivity index (χ2v) is 5.18. The van der Waals surface area contributed by atoms with Gasteiger partial charge in [0, 0.05) is 19.6 Å². The zero-order valence-corrected chi connectivity index (χ0v) is 13.5. The number of ether oxygens (including phenoxy) is 1. The molecule has 1 unspecified atom stereocenters. The number of rotatable bonds is 10. The molecule has 0 aliphatic heterocycles. The van der Waals surface area contributed by atoms with Gasteiger partial charge in [0.15, 0.2) is 0 Å². The van der Waals surface area contributed by atoms with Crippen LogP contribution in [0.3, 0.4) is 0 Å². The highest BCUT2D eigenvalue weighted by molar-refractivity contribution is 5.27. The van der Waals surface area contributed by atoms with Crippen molar-refractivity contribution in [3.05, 3.63) is 29.8 Å². The molecule has 0 bridgehead atoms. The Morgan fingerprint density at radius 2 is 1.75 bits per heavy atom. The van der Waals surface area contributed by atoms with Crippen molar-refractivity contribution in [1.29, 1.82) is 0 Å². The molecule has 3 nitrogen and oxygen atoms in total. The van der Waals surface area contributed by atoms with Crippen molar-refractivity contribution in [3.63, 3.8) is 0 Å². The molecular weight excluding hydrogens is 248 g/mol. The number of nitrogens with one attached hydrogen (secondary N) is 1. The molecule has 0 saturated carbocycles. The first-order chi connectivity index (χ1) is 9.69. The zero-order valence-electron chi connectivity index (χ0n) is 13.5. The van der Waals surface area contributed by atoms with E-state index in [1.54, 1.807) is 0 Å². The third kappa shape index (κ3) is 6.40. The molecule has 1 atom stereocenters. The van der Waals surface area contributed by atoms with E-state index < -0.39 is 0 Å². The fraction of sp³-hybridized carbons (Fsp3) is 0.647. The lowest BCUT2D eigenvalue weighted by molar-refractivity contribution is 0.217. The molecule has 114 valence electrons. The first-order valence-electron chi connectivity index (χ1n) is 7.88. The van der Waals surface area contributed by atoms with Crippen molar-refractivity contribution in [2.45, 2.75) is 46.8 Å². The molecule has 0 aromatic heterocycles. The van der Waals surface area contributed by atoms with E-state index in [-0.39, 0.29) is 6.10 Å². The fourth-order valence-corrected chi connectivity index (χ4v) is 2.01. The van der Waals surface area contributed by atoms with Crippen LogP contribution in [-0.2, 0) is 6.54 Å². The summed E-state index contributed by atoms with van der Waals surface area (Å²) in [5.41, 5.74) is 1.31. The number of likely N-dealkylation sites (N-methyl/N-ethyl adjacent to an activating group) is 1. The third-order valence-electron chi connectivity index (χ3n) is 3.66. The molecule has 20 heavy (non-hydrogen) atoms. The Labute approximate surface area is 124 Å². The van der Waals surface area contributed by atoms with Gasteiger partial charge in [-0.15, -0.1) is 0 Å². The largest absolute Gasteiger partial charge is 0.491 e. The Morgan fingerprint density at radius 3 is 2.30 bits per heavy atom. The average Bonchev–Trinajstić information content (AvgIpc) is 2.49. The first-order valence-corrected chi connectivity index (χ1v) is 7.88. The van der Waals surface area contributed by atoms with Crippen LogP contribution in [0, 0.1) is 0 Å². The molecule has 0 spiro atoms. The molecular formula is C17H30N2O. The SMILES string of the molecule is CCC(C)Oc1ccc(CNCCN(CC)CC)cc1. The lowest BCUT2D eigenvalue weighted by Crippen LogP contribution is -2.31. The summed E-state index contributed by atoms with van der Waals surface area (Å²) in [5.74, 6) is 0.964. The van der Waals surface area contributed by atoms with Crippen molar-refractivity contribution in [1.82, 2.24) is 10.2 Å². The first kappa shape index (κ1) is 17.0. The van der Waals surface area contributed by atoms with E-state index in [1.165, 1.54) is 5.56 Å². The second kappa shape index (κ2) is 9.78. The summed E-state index contributed by atoms with van der Waals surface area (Å²) in [5, 5.41) is 3.49. The minimum absolute atomic E-state index is 0.285. The Kier molecular flexibility index (Phi) is 8.31. The van der Waals surface area contributed by atoms with E-state index in [2.05, 4.69) is 62.2 Å². The molecule has 0 amide bonds. The highest BCUT2D eigenvalue weighted by Crippen LogP contribution is 2.14. The molecule has 0 aliphatic carbocycles. The van der Waals surface area contributed by atoms with Crippen LogP contribution in [0.1, 0.15) is 39.7 Å². The van der Waals surface area contributed by atoms with Gasteiger partial charge in [-0.2, -0.15) is 0 Å². The standard InChI is InChI=1S/C17H30N2O/c1-5-15(4)20-17-10-8-16(9-11-17)14-18-12-13-19(6-2)7-3/h8-11,15,18H,5-7,12-14H2,1-4H3. The quantitative estimate of drug-likeness (QED) is 0.665. The molecule has 1 N–H and O–H groups in total. The minimum Gasteiger partial charge on any atom is -0.491 e. The average molecular weight is 278 g/mol. The van der Waals surface area contributed by atoms with Gasteiger partial charge < -0.3 is 15.0 Å². The predicted octanol–water partition coefficient (Wildman–Crippen LogP) is 3.30. The van der Waals surface area contributed by atoms with Gasteiger partial charge in [-0.25, -0.2) is 0 Å². The molecule has 0 heterocycles. The summed E-state index contributed by atoms with van der Waals surface area (Å²) in [4.78, 5) is 2.43. The molecule has 0 aliphatic rings. The summed E-state index contributed by atoms with van der Waals surface area (Å²) in [6.07, 6.45) is 1.32. The van der Waals surface area contributed by atoms with E-state index in [9.17, 15) is 0 Å². The van der Waals surface area contributed by atoms with E-state index in [0.717, 1.165) is 44.9 Å². The summed E-state index contributed by atoms with van der Waals surface area (Å²) >= 11 is 0. The Bertz CT molecular complexity index is 347. The smallest absolute Gasteiger partial charge is 0.119 e. The van der Waals surface area contributed by atoms with Crippen LogP contribution in [0.4, 0.5) is 0 Å². The topological polar surface area (TPSA) is 24.5 Å². The molecule has 1 aromatic rings. The lowest BCUT2D eigenvalue weighted by Gasteiger charge is -2.18. The highest BCUT2D eigenvalue weighted by atomic mass is 16.5. The van der Waals surface area contributed by atoms with Crippen LogP contribution in [0.2, 0.25) is 0 Å². The van der Waals surface area contributed by atoms with Crippen molar-refractivity contribution >= 4 is 0 Å². The van der Waals surface area contributed by atoms with Crippen molar-refractivity contribution < 1.29 is 4.74 Å². The number of hydrogen-bond donors (Lipinski definition) is 1. The van der Waals surface area contributed by atoms with Gasteiger partial charge in [-0.1, -0.05) is 32.9 Å². The van der Waals surface area contributed by atoms with E-state index in [4.69, 9.17) is 4.74 Å². The Hall–Kier alpha value is -1.06. The zero-order chi connectivity index (χ0) is 14.8. The van der Waals surface area contributed by atoms with Crippen LogP contribution < -0.4 is 10.1 Å². The van der Waals surface area contributed by atoms with Crippen molar-refractivity contribution in [2.75, 3.05) is 26.2 Å². The van der Waals surface area contributed by atoms with Gasteiger partial charge in [-0.3, -0.25) is 0 Å². The lowest BCUT2D eigenvalue weighted by atomic mass is 10.2. The second-order valence-electron chi connectivity index (χ2n) is 5.18. The highest BCUT2D eigenvalue weighted by Gasteiger charge is 2.01. The van der Waals surface area contributed by atoms with E-state index in [0.29, 0.717) is 0 Å². The van der Waals surface area contributed by atoms with Gasteiger partial charge in [0.1, 0.15) is 5.75 Å². The van der Waals surface area contributed by atoms with Crippen LogP contribution in [0.25, 0.3) is 0 Å². The van der Waals surface area contributed by atoms with Crippen LogP contribution >= 0.6 is 0 Å². The maximum absolute atomic E-state index is 5.78. The minimum atomic E-state index is 0.285. The predicted molar refractivity (Wildman–Crippen MR) is 86.3 cm³/mol. The summed E-state index contributed by atoms with van der Waals surface area (Å²) in [7, 11) is 0. The molecule has 1 aromatic carbocycles. The van der Waals surface area contributed by atoms with Crippen molar-refractivity contribution in [3.8, 4) is 5.75 Å². The van der Waals surface area contributed by atoms with E-state index in [1.807, 2.05) is 0 Å². The van der Waals surface area contributed by atoms with Gasteiger partial charge in [0.05, 0.1) is 6.10 Å². The van der Waals surface area contributed by atoms with Crippen LogP contribution in [-0.4, -0.2) is 37.2 Å². The normalized spacial score (nSPS) is 12.7. The summed E-state index contributed by atoms with van der Waals surface area (Å²) < 4.78 is 5.78. The molecule has 0 radical (unpaired) electrons. The Morgan fingerprint density at radius 1 is 1.10 bits per heavy atom. The third-order valence-corrected chi connectivity index (χ3v) is 3.66. The number of nitrogens with zero attached hydrogens (tertiary/aromatic N) is 1. The summed E-state index contributed by atoms with van der Waals surface area (Å²) in [6.45, 7) is 14.0. The number of benzene rings is 1. The van der Waals surface area contributed by atoms with Crippen LogP contribution in [0.5, 0.6) is 5.75 Å². The molecule has 0 saturated heterocycles. The molecule has 0 fully saturated rings. The molecule has 3 heteroatoms. The van der Waals surface area contributed by atoms with Gasteiger partial charge in [-0.05, 0) is 44.1 Å². The maximum atomic E-state index is 5.78.